The molecule has 0 bridgehead atoms. The zero-order valence-corrected chi connectivity index (χ0v) is 10.4. The smallest absolute Gasteiger partial charge is 0.133 e. The fourth-order valence-corrected chi connectivity index (χ4v) is 1.72. The normalized spacial score (nSPS) is 12.2. The van der Waals surface area contributed by atoms with Crippen LogP contribution in [0.25, 0.3) is 0 Å². The van der Waals surface area contributed by atoms with Crippen molar-refractivity contribution in [2.24, 2.45) is 0 Å². The van der Waals surface area contributed by atoms with Gasteiger partial charge in [0.2, 0.25) is 0 Å². The summed E-state index contributed by atoms with van der Waals surface area (Å²) in [7, 11) is 0. The van der Waals surface area contributed by atoms with Crippen LogP contribution in [-0.2, 0) is 0 Å². The highest BCUT2D eigenvalue weighted by Crippen LogP contribution is 2.25. The van der Waals surface area contributed by atoms with Crippen molar-refractivity contribution in [2.45, 2.75) is 19.4 Å². The molecule has 0 radical (unpaired) electrons. The minimum absolute atomic E-state index is 0.0984. The summed E-state index contributed by atoms with van der Waals surface area (Å²) in [6.45, 7) is 1.88. The van der Waals surface area contributed by atoms with Gasteiger partial charge in [0, 0.05) is 18.2 Å². The number of hydrogen-bond donors (Lipinski definition) is 1. The molecule has 1 unspecified atom stereocenters. The second-order valence-electron chi connectivity index (χ2n) is 4.20. The highest BCUT2D eigenvalue weighted by atomic mass is 19.1. The van der Waals surface area contributed by atoms with Gasteiger partial charge >= 0.3 is 0 Å². The van der Waals surface area contributed by atoms with E-state index in [0.29, 0.717) is 12.2 Å². The van der Waals surface area contributed by atoms with Crippen molar-refractivity contribution in [3.8, 4) is 11.5 Å². The van der Waals surface area contributed by atoms with Crippen LogP contribution in [-0.4, -0.2) is 5.11 Å². The summed E-state index contributed by atoms with van der Waals surface area (Å²) < 4.78 is 31.3. The summed E-state index contributed by atoms with van der Waals surface area (Å²) in [4.78, 5) is 0. The standard InChI is InChI=1S/C15H14F2O2/c1-2-15(18)10-3-5-13(6-4-10)19-14-8-11(16)7-12(17)9-14/h3-9,15,18H,2H2,1H3. The van der Waals surface area contributed by atoms with Crippen molar-refractivity contribution < 1.29 is 18.6 Å². The van der Waals surface area contributed by atoms with E-state index in [1.54, 1.807) is 24.3 Å². The minimum atomic E-state index is -0.687. The van der Waals surface area contributed by atoms with Crippen molar-refractivity contribution >= 4 is 0 Å². The Morgan fingerprint density at radius 1 is 1.00 bits per heavy atom. The predicted molar refractivity (Wildman–Crippen MR) is 68.1 cm³/mol. The molecule has 4 heteroatoms. The maximum atomic E-state index is 13.0. The number of benzene rings is 2. The summed E-state index contributed by atoms with van der Waals surface area (Å²) in [6.07, 6.45) is 0.107. The molecule has 0 fully saturated rings. The van der Waals surface area contributed by atoms with Gasteiger partial charge in [0.25, 0.3) is 0 Å². The first kappa shape index (κ1) is 13.5. The lowest BCUT2D eigenvalue weighted by molar-refractivity contribution is 0.173. The van der Waals surface area contributed by atoms with E-state index in [2.05, 4.69) is 0 Å². The van der Waals surface area contributed by atoms with Gasteiger partial charge in [-0.25, -0.2) is 8.78 Å². The van der Waals surface area contributed by atoms with Gasteiger partial charge in [0.05, 0.1) is 6.10 Å². The van der Waals surface area contributed by atoms with Crippen LogP contribution < -0.4 is 4.74 Å². The van der Waals surface area contributed by atoms with Crippen LogP contribution in [0, 0.1) is 11.6 Å². The molecule has 0 amide bonds. The molecular formula is C15H14F2O2. The lowest BCUT2D eigenvalue weighted by atomic mass is 10.1. The van der Waals surface area contributed by atoms with E-state index >= 15 is 0 Å². The molecule has 1 atom stereocenters. The first-order valence-corrected chi connectivity index (χ1v) is 6.00. The number of ether oxygens (including phenoxy) is 1. The van der Waals surface area contributed by atoms with Gasteiger partial charge in [-0.05, 0) is 24.1 Å². The van der Waals surface area contributed by atoms with Gasteiger partial charge in [-0.3, -0.25) is 0 Å². The van der Waals surface area contributed by atoms with Gasteiger partial charge in [-0.1, -0.05) is 19.1 Å². The molecule has 19 heavy (non-hydrogen) atoms. The summed E-state index contributed by atoms with van der Waals surface area (Å²) in [5.41, 5.74) is 0.778. The SMILES string of the molecule is CCC(O)c1ccc(Oc2cc(F)cc(F)c2)cc1. The number of hydrogen-bond acceptors (Lipinski definition) is 2. The van der Waals surface area contributed by atoms with E-state index in [0.717, 1.165) is 23.8 Å². The van der Waals surface area contributed by atoms with Gasteiger partial charge in [-0.2, -0.15) is 0 Å². The Morgan fingerprint density at radius 3 is 2.11 bits per heavy atom. The maximum Gasteiger partial charge on any atom is 0.133 e. The zero-order valence-electron chi connectivity index (χ0n) is 10.4. The minimum Gasteiger partial charge on any atom is -0.457 e. The Balaban J connectivity index is 2.15. The largest absolute Gasteiger partial charge is 0.457 e. The second kappa shape index (κ2) is 5.80. The van der Waals surface area contributed by atoms with E-state index < -0.39 is 17.7 Å². The average Bonchev–Trinajstić information content (AvgIpc) is 2.37. The highest BCUT2D eigenvalue weighted by molar-refractivity contribution is 5.34. The Hall–Kier alpha value is -1.94. The Morgan fingerprint density at radius 2 is 1.58 bits per heavy atom. The van der Waals surface area contributed by atoms with Gasteiger partial charge in [0.1, 0.15) is 23.1 Å². The molecule has 0 saturated carbocycles. The van der Waals surface area contributed by atoms with E-state index in [4.69, 9.17) is 4.74 Å². The monoisotopic (exact) mass is 264 g/mol. The van der Waals surface area contributed by atoms with Crippen molar-refractivity contribution in [2.75, 3.05) is 0 Å². The van der Waals surface area contributed by atoms with Crippen LogP contribution in [0.15, 0.2) is 42.5 Å². The van der Waals surface area contributed by atoms with E-state index in [1.807, 2.05) is 6.92 Å². The van der Waals surface area contributed by atoms with Crippen LogP contribution in [0.1, 0.15) is 25.0 Å². The molecule has 0 spiro atoms. The lowest BCUT2D eigenvalue weighted by Gasteiger charge is -2.10. The number of rotatable bonds is 4. The van der Waals surface area contributed by atoms with E-state index in [1.165, 1.54) is 0 Å². The molecule has 0 aliphatic carbocycles. The predicted octanol–water partition coefficient (Wildman–Crippen LogP) is 4.20. The molecule has 0 saturated heterocycles. The summed E-state index contributed by atoms with van der Waals surface area (Å²) in [5, 5.41) is 9.64. The Kier molecular flexibility index (Phi) is 4.12. The summed E-state index contributed by atoms with van der Waals surface area (Å²) >= 11 is 0. The molecule has 0 aliphatic heterocycles. The Labute approximate surface area is 110 Å². The quantitative estimate of drug-likeness (QED) is 0.896. The van der Waals surface area contributed by atoms with Gasteiger partial charge in [0.15, 0.2) is 0 Å². The van der Waals surface area contributed by atoms with Crippen LogP contribution in [0.5, 0.6) is 11.5 Å². The number of aliphatic hydroxyl groups excluding tert-OH is 1. The van der Waals surface area contributed by atoms with Crippen LogP contribution >= 0.6 is 0 Å². The van der Waals surface area contributed by atoms with Gasteiger partial charge in [-0.15, -0.1) is 0 Å². The third-order valence-corrected chi connectivity index (χ3v) is 2.72. The van der Waals surface area contributed by atoms with Crippen LogP contribution in [0.2, 0.25) is 0 Å². The third kappa shape index (κ3) is 3.51. The third-order valence-electron chi connectivity index (χ3n) is 2.72. The zero-order chi connectivity index (χ0) is 13.8. The van der Waals surface area contributed by atoms with Crippen LogP contribution in [0.3, 0.4) is 0 Å². The van der Waals surface area contributed by atoms with Crippen molar-refractivity contribution in [1.82, 2.24) is 0 Å². The summed E-state index contributed by atoms with van der Waals surface area (Å²) in [5.74, 6) is -0.820. The molecule has 100 valence electrons. The average molecular weight is 264 g/mol. The van der Waals surface area contributed by atoms with Crippen molar-refractivity contribution in [3.63, 3.8) is 0 Å². The molecule has 2 aromatic carbocycles. The maximum absolute atomic E-state index is 13.0. The first-order chi connectivity index (χ1) is 9.08. The number of halogens is 2. The lowest BCUT2D eigenvalue weighted by Crippen LogP contribution is -1.94. The van der Waals surface area contributed by atoms with Crippen molar-refractivity contribution in [1.29, 1.82) is 0 Å². The van der Waals surface area contributed by atoms with E-state index in [9.17, 15) is 13.9 Å². The summed E-state index contributed by atoms with van der Waals surface area (Å²) in [6, 6.07) is 9.75. The molecular weight excluding hydrogens is 250 g/mol. The molecule has 2 nitrogen and oxygen atoms in total. The topological polar surface area (TPSA) is 29.5 Å². The molecule has 2 aromatic rings. The molecule has 0 aromatic heterocycles. The first-order valence-electron chi connectivity index (χ1n) is 6.00. The van der Waals surface area contributed by atoms with E-state index in [-0.39, 0.29) is 5.75 Å². The van der Waals surface area contributed by atoms with Crippen LogP contribution in [0.4, 0.5) is 8.78 Å². The van der Waals surface area contributed by atoms with Gasteiger partial charge < -0.3 is 9.84 Å². The highest BCUT2D eigenvalue weighted by Gasteiger charge is 2.06. The van der Waals surface area contributed by atoms with Crippen molar-refractivity contribution in [3.05, 3.63) is 59.7 Å². The molecule has 1 N–H and O–H groups in total. The number of aliphatic hydroxyl groups is 1. The fraction of sp³-hybridized carbons (Fsp3) is 0.200. The molecule has 0 heterocycles. The fourth-order valence-electron chi connectivity index (χ4n) is 1.72. The molecule has 2 rings (SSSR count). The molecule has 0 aliphatic rings. The Bertz CT molecular complexity index is 532. The second-order valence-corrected chi connectivity index (χ2v) is 4.20.